The molecule has 0 spiro atoms. The number of aryl methyl sites for hydroxylation is 1. The monoisotopic (exact) mass is 222 g/mol. The molecule has 1 aliphatic heterocycles. The molecule has 1 aliphatic rings. The van der Waals surface area contributed by atoms with Gasteiger partial charge >= 0.3 is 0 Å². The molecular formula is C12H18N2O2. The number of Topliss-reactive ketones (excluding diaryl/α,β-unsaturated/α-hetero) is 1. The smallest absolute Gasteiger partial charge is 0.159 e. The zero-order chi connectivity index (χ0) is 11.7. The number of nitrogens with zero attached hydrogens (tertiary/aromatic N) is 2. The van der Waals surface area contributed by atoms with E-state index in [1.54, 1.807) is 0 Å². The van der Waals surface area contributed by atoms with Crippen LogP contribution < -0.4 is 0 Å². The van der Waals surface area contributed by atoms with Crippen LogP contribution in [0.4, 0.5) is 0 Å². The molecule has 0 N–H and O–H groups in total. The van der Waals surface area contributed by atoms with Crippen LogP contribution in [0.3, 0.4) is 0 Å². The summed E-state index contributed by atoms with van der Waals surface area (Å²) in [6.07, 6.45) is 0.858. The van der Waals surface area contributed by atoms with E-state index in [1.165, 1.54) is 5.56 Å². The fourth-order valence-corrected chi connectivity index (χ4v) is 2.01. The Morgan fingerprint density at radius 2 is 2.25 bits per heavy atom. The molecule has 1 aromatic heterocycles. The lowest BCUT2D eigenvalue weighted by atomic mass is 10.0. The van der Waals surface area contributed by atoms with E-state index in [9.17, 15) is 4.79 Å². The molecule has 4 nitrogen and oxygen atoms in total. The highest BCUT2D eigenvalue weighted by atomic mass is 16.5. The molecule has 2 heterocycles. The van der Waals surface area contributed by atoms with Crippen LogP contribution >= 0.6 is 0 Å². The van der Waals surface area contributed by atoms with E-state index in [4.69, 9.17) is 4.74 Å². The largest absolute Gasteiger partial charge is 0.381 e. The molecule has 2 rings (SSSR count). The van der Waals surface area contributed by atoms with Crippen molar-refractivity contribution in [3.05, 3.63) is 17.0 Å². The molecule has 1 saturated heterocycles. The van der Waals surface area contributed by atoms with E-state index in [0.29, 0.717) is 19.8 Å². The number of hydrogen-bond acceptors (Lipinski definition) is 3. The second-order valence-corrected chi connectivity index (χ2v) is 4.48. The summed E-state index contributed by atoms with van der Waals surface area (Å²) < 4.78 is 7.04. The van der Waals surface area contributed by atoms with E-state index in [0.717, 1.165) is 17.8 Å². The standard InChI is InChI=1S/C12H18N2O2/c1-8-9(2)13-14(10(8)3)6-12(15)11-4-5-16-7-11/h11H,4-7H2,1-3H3. The Morgan fingerprint density at radius 3 is 2.75 bits per heavy atom. The Hall–Kier alpha value is -1.16. The summed E-state index contributed by atoms with van der Waals surface area (Å²) in [4.78, 5) is 11.9. The number of rotatable bonds is 3. The minimum absolute atomic E-state index is 0.0733. The summed E-state index contributed by atoms with van der Waals surface area (Å²) in [6.45, 7) is 7.70. The molecular weight excluding hydrogens is 204 g/mol. The van der Waals surface area contributed by atoms with Gasteiger partial charge in [-0.15, -0.1) is 0 Å². The maximum atomic E-state index is 11.9. The van der Waals surface area contributed by atoms with E-state index < -0.39 is 0 Å². The van der Waals surface area contributed by atoms with Crippen molar-refractivity contribution < 1.29 is 9.53 Å². The average Bonchev–Trinajstić information content (AvgIpc) is 2.85. The molecule has 0 amide bonds. The molecule has 88 valence electrons. The first-order valence-corrected chi connectivity index (χ1v) is 5.70. The first kappa shape index (κ1) is 11.3. The molecule has 1 fully saturated rings. The molecule has 0 aromatic carbocycles. The predicted molar refractivity (Wildman–Crippen MR) is 60.4 cm³/mol. The Balaban J connectivity index is 2.08. The molecule has 1 unspecified atom stereocenters. The Morgan fingerprint density at radius 1 is 1.50 bits per heavy atom. The highest BCUT2D eigenvalue weighted by molar-refractivity contribution is 5.81. The number of ketones is 1. The SMILES string of the molecule is Cc1nn(CC(=O)C2CCOC2)c(C)c1C. The minimum Gasteiger partial charge on any atom is -0.381 e. The van der Waals surface area contributed by atoms with Crippen molar-refractivity contribution in [3.8, 4) is 0 Å². The van der Waals surface area contributed by atoms with Crippen molar-refractivity contribution in [1.29, 1.82) is 0 Å². The first-order valence-electron chi connectivity index (χ1n) is 5.70. The Kier molecular flexibility index (Phi) is 3.10. The van der Waals surface area contributed by atoms with Gasteiger partial charge in [0.2, 0.25) is 0 Å². The summed E-state index contributed by atoms with van der Waals surface area (Å²) >= 11 is 0. The van der Waals surface area contributed by atoms with Crippen LogP contribution in [0.15, 0.2) is 0 Å². The number of aromatic nitrogens is 2. The van der Waals surface area contributed by atoms with Crippen molar-refractivity contribution >= 4 is 5.78 Å². The molecule has 4 heteroatoms. The van der Waals surface area contributed by atoms with Gasteiger partial charge < -0.3 is 4.74 Å². The van der Waals surface area contributed by atoms with Crippen LogP contribution in [-0.2, 0) is 16.1 Å². The third-order valence-corrected chi connectivity index (χ3v) is 3.43. The maximum absolute atomic E-state index is 11.9. The summed E-state index contributed by atoms with van der Waals surface area (Å²) in [6, 6.07) is 0. The number of carbonyl (C=O) groups excluding carboxylic acids is 1. The first-order chi connectivity index (χ1) is 7.59. The van der Waals surface area contributed by atoms with E-state index >= 15 is 0 Å². The van der Waals surface area contributed by atoms with Crippen molar-refractivity contribution in [2.45, 2.75) is 33.7 Å². The van der Waals surface area contributed by atoms with Crippen molar-refractivity contribution in [2.24, 2.45) is 5.92 Å². The number of carbonyl (C=O) groups is 1. The molecule has 0 bridgehead atoms. The summed E-state index contributed by atoms with van der Waals surface area (Å²) in [5.74, 6) is 0.312. The van der Waals surface area contributed by atoms with Crippen LogP contribution in [0.1, 0.15) is 23.4 Å². The fourth-order valence-electron chi connectivity index (χ4n) is 2.01. The van der Waals surface area contributed by atoms with Gasteiger partial charge in [0.1, 0.15) is 6.54 Å². The van der Waals surface area contributed by atoms with Gasteiger partial charge in [0.05, 0.1) is 12.3 Å². The third kappa shape index (κ3) is 2.02. The lowest BCUT2D eigenvalue weighted by molar-refractivity contribution is -0.123. The second-order valence-electron chi connectivity index (χ2n) is 4.48. The topological polar surface area (TPSA) is 44.1 Å². The van der Waals surface area contributed by atoms with Gasteiger partial charge in [0.25, 0.3) is 0 Å². The van der Waals surface area contributed by atoms with Gasteiger partial charge in [0, 0.05) is 18.2 Å². The highest BCUT2D eigenvalue weighted by Crippen LogP contribution is 2.16. The number of ether oxygens (including phenoxy) is 1. The zero-order valence-electron chi connectivity index (χ0n) is 10.1. The van der Waals surface area contributed by atoms with Gasteiger partial charge in [-0.25, -0.2) is 0 Å². The van der Waals surface area contributed by atoms with E-state index in [2.05, 4.69) is 5.10 Å². The van der Waals surface area contributed by atoms with Crippen LogP contribution in [0.5, 0.6) is 0 Å². The van der Waals surface area contributed by atoms with Gasteiger partial charge in [-0.2, -0.15) is 5.10 Å². The summed E-state index contributed by atoms with van der Waals surface area (Å²) in [7, 11) is 0. The second kappa shape index (κ2) is 4.37. The summed E-state index contributed by atoms with van der Waals surface area (Å²) in [5, 5.41) is 4.38. The maximum Gasteiger partial charge on any atom is 0.159 e. The summed E-state index contributed by atoms with van der Waals surface area (Å²) in [5.41, 5.74) is 3.27. The molecule has 1 atom stereocenters. The van der Waals surface area contributed by atoms with Gasteiger partial charge in [-0.1, -0.05) is 0 Å². The molecule has 1 aromatic rings. The molecule has 16 heavy (non-hydrogen) atoms. The van der Waals surface area contributed by atoms with Crippen molar-refractivity contribution in [2.75, 3.05) is 13.2 Å². The van der Waals surface area contributed by atoms with Crippen molar-refractivity contribution in [1.82, 2.24) is 9.78 Å². The van der Waals surface area contributed by atoms with Gasteiger partial charge in [-0.05, 0) is 32.8 Å². The predicted octanol–water partition coefficient (Wildman–Crippen LogP) is 1.41. The fraction of sp³-hybridized carbons (Fsp3) is 0.667. The van der Waals surface area contributed by atoms with Crippen LogP contribution in [0.25, 0.3) is 0 Å². The Labute approximate surface area is 95.6 Å². The Bertz CT molecular complexity index is 403. The molecule has 0 radical (unpaired) electrons. The van der Waals surface area contributed by atoms with Crippen molar-refractivity contribution in [3.63, 3.8) is 0 Å². The van der Waals surface area contributed by atoms with Gasteiger partial charge in [-0.3, -0.25) is 9.48 Å². The third-order valence-electron chi connectivity index (χ3n) is 3.43. The van der Waals surface area contributed by atoms with Gasteiger partial charge in [0.15, 0.2) is 5.78 Å². The molecule has 0 aliphatic carbocycles. The average molecular weight is 222 g/mol. The lowest BCUT2D eigenvalue weighted by Crippen LogP contribution is -2.21. The molecule has 0 saturated carbocycles. The van der Waals surface area contributed by atoms with E-state index in [1.807, 2.05) is 25.5 Å². The van der Waals surface area contributed by atoms with Crippen LogP contribution in [-0.4, -0.2) is 28.8 Å². The highest BCUT2D eigenvalue weighted by Gasteiger charge is 2.24. The minimum atomic E-state index is 0.0733. The lowest BCUT2D eigenvalue weighted by Gasteiger charge is -2.08. The van der Waals surface area contributed by atoms with Crippen LogP contribution in [0, 0.1) is 26.7 Å². The quantitative estimate of drug-likeness (QED) is 0.776. The normalized spacial score (nSPS) is 20.3. The number of hydrogen-bond donors (Lipinski definition) is 0. The zero-order valence-corrected chi connectivity index (χ0v) is 10.1. The van der Waals surface area contributed by atoms with E-state index in [-0.39, 0.29) is 11.7 Å². The van der Waals surface area contributed by atoms with Crippen LogP contribution in [0.2, 0.25) is 0 Å².